The summed E-state index contributed by atoms with van der Waals surface area (Å²) in [7, 11) is 3.95. The van der Waals surface area contributed by atoms with Gasteiger partial charge in [-0.15, -0.1) is 0 Å². The first-order valence-electron chi connectivity index (χ1n) is 4.77. The molecule has 0 amide bonds. The Morgan fingerprint density at radius 2 is 2.00 bits per heavy atom. The number of esters is 1. The number of carbonyl (C=O) groups excluding carboxylic acids is 1. The lowest BCUT2D eigenvalue weighted by molar-refractivity contribution is -0.907. The number of halogens is 1. The standard InChI is InChI=1S/C10H19NO3.ClH/c1-5-7-11(3,4)8-14-10(13)9(12)6-2;/h6H,5,7-8H2,1-4H3;1H. The molecule has 0 bridgehead atoms. The van der Waals surface area contributed by atoms with Gasteiger partial charge in [0.15, 0.2) is 5.76 Å². The third-order valence-corrected chi connectivity index (χ3v) is 1.86. The molecule has 0 saturated heterocycles. The van der Waals surface area contributed by atoms with E-state index in [4.69, 9.17) is 9.84 Å². The van der Waals surface area contributed by atoms with Crippen molar-refractivity contribution >= 4 is 5.97 Å². The van der Waals surface area contributed by atoms with Crippen LogP contribution < -0.4 is 12.4 Å². The van der Waals surface area contributed by atoms with Crippen LogP contribution >= 0.6 is 0 Å². The van der Waals surface area contributed by atoms with Gasteiger partial charge in [-0.3, -0.25) is 4.48 Å². The quantitative estimate of drug-likeness (QED) is 0.207. The van der Waals surface area contributed by atoms with Crippen molar-refractivity contribution in [1.82, 2.24) is 0 Å². The number of aliphatic hydroxyl groups excluding tert-OH is 1. The molecule has 0 atom stereocenters. The van der Waals surface area contributed by atoms with Crippen LogP contribution in [-0.2, 0) is 9.53 Å². The molecule has 0 aromatic carbocycles. The Morgan fingerprint density at radius 3 is 2.40 bits per heavy atom. The molecule has 0 heterocycles. The summed E-state index contributed by atoms with van der Waals surface area (Å²) in [4.78, 5) is 11.1. The van der Waals surface area contributed by atoms with E-state index in [1.807, 2.05) is 14.1 Å². The number of carbonyl (C=O) groups is 1. The highest BCUT2D eigenvalue weighted by Gasteiger charge is 2.17. The number of nitrogens with zero attached hydrogens (tertiary/aromatic N) is 1. The highest BCUT2D eigenvalue weighted by molar-refractivity contribution is 5.85. The molecule has 0 saturated carbocycles. The Hall–Kier alpha value is -0.740. The highest BCUT2D eigenvalue weighted by Crippen LogP contribution is 2.01. The predicted molar refractivity (Wildman–Crippen MR) is 54.6 cm³/mol. The first kappa shape index (κ1) is 16.7. The maximum Gasteiger partial charge on any atom is 0.377 e. The number of rotatable bonds is 5. The number of aliphatic hydroxyl groups is 1. The summed E-state index contributed by atoms with van der Waals surface area (Å²) in [6.45, 7) is 4.88. The fourth-order valence-electron chi connectivity index (χ4n) is 1.10. The third kappa shape index (κ3) is 7.22. The van der Waals surface area contributed by atoms with E-state index >= 15 is 0 Å². The molecule has 15 heavy (non-hydrogen) atoms. The Morgan fingerprint density at radius 1 is 1.47 bits per heavy atom. The monoisotopic (exact) mass is 237 g/mol. The molecule has 0 rings (SSSR count). The lowest BCUT2D eigenvalue weighted by Gasteiger charge is -2.27. The fraction of sp³-hybridized carbons (Fsp3) is 0.700. The summed E-state index contributed by atoms with van der Waals surface area (Å²) in [6.07, 6.45) is 2.35. The van der Waals surface area contributed by atoms with Crippen molar-refractivity contribution in [2.75, 3.05) is 27.4 Å². The van der Waals surface area contributed by atoms with Gasteiger partial charge in [0.1, 0.15) is 0 Å². The predicted octanol–water partition coefficient (Wildman–Crippen LogP) is -1.56. The minimum absolute atomic E-state index is 0. The van der Waals surface area contributed by atoms with Crippen LogP contribution in [0.4, 0.5) is 0 Å². The summed E-state index contributed by atoms with van der Waals surface area (Å²) >= 11 is 0. The van der Waals surface area contributed by atoms with Gasteiger partial charge in [0.05, 0.1) is 20.6 Å². The van der Waals surface area contributed by atoms with Gasteiger partial charge in [0.2, 0.25) is 6.73 Å². The second-order valence-corrected chi connectivity index (χ2v) is 3.89. The molecule has 0 unspecified atom stereocenters. The molecule has 0 spiro atoms. The molecule has 1 N–H and O–H groups in total. The SMILES string of the molecule is CC=C(O)C(=O)OC[N+](C)(C)CCC.[Cl-]. The van der Waals surface area contributed by atoms with Gasteiger partial charge >= 0.3 is 5.97 Å². The fourth-order valence-corrected chi connectivity index (χ4v) is 1.10. The Balaban J connectivity index is 0. The van der Waals surface area contributed by atoms with Crippen molar-refractivity contribution in [3.8, 4) is 0 Å². The second-order valence-electron chi connectivity index (χ2n) is 3.89. The molecule has 0 aliphatic rings. The lowest BCUT2D eigenvalue weighted by atomic mass is 10.4. The molecule has 0 aromatic rings. The van der Waals surface area contributed by atoms with E-state index in [2.05, 4.69) is 6.92 Å². The smallest absolute Gasteiger partial charge is 0.377 e. The number of quaternary nitrogens is 1. The molecule has 5 heteroatoms. The van der Waals surface area contributed by atoms with E-state index in [1.165, 1.54) is 6.08 Å². The van der Waals surface area contributed by atoms with E-state index in [9.17, 15) is 4.79 Å². The van der Waals surface area contributed by atoms with Crippen LogP contribution in [-0.4, -0.2) is 42.9 Å². The van der Waals surface area contributed by atoms with Crippen molar-refractivity contribution in [3.05, 3.63) is 11.8 Å². The van der Waals surface area contributed by atoms with Crippen LogP contribution in [0.15, 0.2) is 11.8 Å². The van der Waals surface area contributed by atoms with Crippen LogP contribution in [0, 0.1) is 0 Å². The lowest BCUT2D eigenvalue weighted by Crippen LogP contribution is -3.00. The first-order valence-corrected chi connectivity index (χ1v) is 4.77. The van der Waals surface area contributed by atoms with E-state index in [1.54, 1.807) is 6.92 Å². The first-order chi connectivity index (χ1) is 6.43. The molecular formula is C10H20ClNO3. The second kappa shape index (κ2) is 7.54. The number of allylic oxidation sites excluding steroid dienone is 1. The zero-order valence-electron chi connectivity index (χ0n) is 9.79. The maximum atomic E-state index is 11.1. The minimum Gasteiger partial charge on any atom is -1.00 e. The van der Waals surface area contributed by atoms with Crippen LogP contribution in [0.1, 0.15) is 20.3 Å². The Bertz CT molecular complexity index is 227. The molecule has 90 valence electrons. The zero-order chi connectivity index (χ0) is 11.2. The topological polar surface area (TPSA) is 46.5 Å². The summed E-state index contributed by atoms with van der Waals surface area (Å²) in [5.74, 6) is -0.990. The third-order valence-electron chi connectivity index (χ3n) is 1.86. The van der Waals surface area contributed by atoms with Crippen molar-refractivity contribution in [2.45, 2.75) is 20.3 Å². The molecule has 0 radical (unpaired) electrons. The summed E-state index contributed by atoms with van der Waals surface area (Å²) in [5, 5.41) is 9.03. The van der Waals surface area contributed by atoms with E-state index in [0.29, 0.717) is 4.48 Å². The number of ether oxygens (including phenoxy) is 1. The van der Waals surface area contributed by atoms with Crippen LogP contribution in [0.2, 0.25) is 0 Å². The van der Waals surface area contributed by atoms with Gasteiger partial charge in [-0.25, -0.2) is 4.79 Å². The maximum absolute atomic E-state index is 11.1. The summed E-state index contributed by atoms with van der Waals surface area (Å²) < 4.78 is 5.54. The van der Waals surface area contributed by atoms with Crippen molar-refractivity contribution in [2.24, 2.45) is 0 Å². The number of hydrogen-bond donors (Lipinski definition) is 1. The molecule has 4 nitrogen and oxygen atoms in total. The largest absolute Gasteiger partial charge is 1.00 e. The Kier molecular flexibility index (Phi) is 8.38. The van der Waals surface area contributed by atoms with Crippen LogP contribution in [0.3, 0.4) is 0 Å². The molecule has 0 fully saturated rings. The van der Waals surface area contributed by atoms with E-state index in [-0.39, 0.29) is 24.9 Å². The molecular weight excluding hydrogens is 218 g/mol. The van der Waals surface area contributed by atoms with Crippen LogP contribution in [0.5, 0.6) is 0 Å². The average Bonchev–Trinajstić information content (AvgIpc) is 2.13. The van der Waals surface area contributed by atoms with Gasteiger partial charge in [-0.1, -0.05) is 6.92 Å². The van der Waals surface area contributed by atoms with E-state index in [0.717, 1.165) is 13.0 Å². The minimum atomic E-state index is -0.658. The normalized spacial score (nSPS) is 11.9. The van der Waals surface area contributed by atoms with Gasteiger partial charge in [0.25, 0.3) is 0 Å². The number of hydrogen-bond acceptors (Lipinski definition) is 3. The van der Waals surface area contributed by atoms with Crippen molar-refractivity contribution in [1.29, 1.82) is 0 Å². The zero-order valence-corrected chi connectivity index (χ0v) is 10.5. The van der Waals surface area contributed by atoms with Gasteiger partial charge in [0, 0.05) is 0 Å². The molecule has 0 aliphatic heterocycles. The van der Waals surface area contributed by atoms with Crippen molar-refractivity contribution < 1.29 is 31.5 Å². The molecule has 0 aliphatic carbocycles. The summed E-state index contributed by atoms with van der Waals surface area (Å²) in [5.41, 5.74) is 0. The van der Waals surface area contributed by atoms with E-state index < -0.39 is 5.97 Å². The summed E-state index contributed by atoms with van der Waals surface area (Å²) in [6, 6.07) is 0. The average molecular weight is 238 g/mol. The van der Waals surface area contributed by atoms with Crippen LogP contribution in [0.25, 0.3) is 0 Å². The van der Waals surface area contributed by atoms with Gasteiger partial charge in [-0.2, -0.15) is 0 Å². The molecule has 0 aromatic heterocycles. The highest BCUT2D eigenvalue weighted by atomic mass is 35.5. The van der Waals surface area contributed by atoms with Crippen molar-refractivity contribution in [3.63, 3.8) is 0 Å². The van der Waals surface area contributed by atoms with Gasteiger partial charge < -0.3 is 22.3 Å². The van der Waals surface area contributed by atoms with Gasteiger partial charge in [-0.05, 0) is 19.4 Å². The Labute approximate surface area is 97.5 Å².